The van der Waals surface area contributed by atoms with E-state index in [9.17, 15) is 9.59 Å². The Hall–Kier alpha value is -1.54. The van der Waals surface area contributed by atoms with Gasteiger partial charge in [-0.05, 0) is 19.8 Å². The number of carbonyl (C=O) groups excluding carboxylic acids is 2. The molecule has 2 heterocycles. The van der Waals surface area contributed by atoms with E-state index in [2.05, 4.69) is 20.8 Å². The van der Waals surface area contributed by atoms with E-state index in [0.29, 0.717) is 11.7 Å². The van der Waals surface area contributed by atoms with Crippen molar-refractivity contribution in [2.24, 2.45) is 0 Å². The summed E-state index contributed by atoms with van der Waals surface area (Å²) in [6, 6.07) is 0. The van der Waals surface area contributed by atoms with E-state index in [1.165, 1.54) is 11.3 Å². The van der Waals surface area contributed by atoms with Gasteiger partial charge in [0.05, 0.1) is 6.10 Å². The lowest BCUT2D eigenvalue weighted by molar-refractivity contribution is -0.136. The molecule has 1 saturated heterocycles. The zero-order valence-electron chi connectivity index (χ0n) is 9.93. The van der Waals surface area contributed by atoms with Gasteiger partial charge in [-0.25, -0.2) is 0 Å². The Morgan fingerprint density at radius 1 is 1.44 bits per heavy atom. The molecule has 0 unspecified atom stereocenters. The van der Waals surface area contributed by atoms with Gasteiger partial charge in [0.2, 0.25) is 5.13 Å². The normalized spacial score (nSPS) is 18.6. The van der Waals surface area contributed by atoms with Crippen molar-refractivity contribution in [2.45, 2.75) is 25.9 Å². The Balaban J connectivity index is 1.76. The SMILES string of the molecule is Cc1nnc(NC(=O)C(=O)NC[C@@H]2CCCO2)s1. The monoisotopic (exact) mass is 270 g/mol. The first-order valence-electron chi connectivity index (χ1n) is 5.66. The van der Waals surface area contributed by atoms with E-state index in [0.717, 1.165) is 24.5 Å². The minimum Gasteiger partial charge on any atom is -0.376 e. The van der Waals surface area contributed by atoms with E-state index in [1.807, 2.05) is 0 Å². The molecule has 2 amide bonds. The molecule has 0 spiro atoms. The van der Waals surface area contributed by atoms with Gasteiger partial charge in [0.1, 0.15) is 5.01 Å². The van der Waals surface area contributed by atoms with Crippen molar-refractivity contribution in [3.8, 4) is 0 Å². The fourth-order valence-corrected chi connectivity index (χ4v) is 2.18. The van der Waals surface area contributed by atoms with Crippen LogP contribution in [0.3, 0.4) is 0 Å². The molecule has 1 aliphatic heterocycles. The van der Waals surface area contributed by atoms with Gasteiger partial charge >= 0.3 is 11.8 Å². The maximum atomic E-state index is 11.5. The molecule has 8 heteroatoms. The van der Waals surface area contributed by atoms with Crippen LogP contribution in [0.25, 0.3) is 0 Å². The van der Waals surface area contributed by atoms with Crippen molar-refractivity contribution in [1.82, 2.24) is 15.5 Å². The topological polar surface area (TPSA) is 93.2 Å². The molecule has 0 aromatic carbocycles. The average molecular weight is 270 g/mol. The Kier molecular flexibility index (Phi) is 4.21. The Morgan fingerprint density at radius 2 is 2.28 bits per heavy atom. The fourth-order valence-electron chi connectivity index (χ4n) is 1.59. The second-order valence-electron chi connectivity index (χ2n) is 3.93. The van der Waals surface area contributed by atoms with Crippen LogP contribution in [0, 0.1) is 6.92 Å². The number of hydrogen-bond acceptors (Lipinski definition) is 6. The Morgan fingerprint density at radius 3 is 2.89 bits per heavy atom. The standard InChI is InChI=1S/C10H14N4O3S/c1-6-13-14-10(18-6)12-9(16)8(15)11-5-7-3-2-4-17-7/h7H,2-5H2,1H3,(H,11,15)(H,12,14,16)/t7-/m0/s1. The van der Waals surface area contributed by atoms with Gasteiger partial charge < -0.3 is 10.1 Å². The number of nitrogens with one attached hydrogen (secondary N) is 2. The van der Waals surface area contributed by atoms with Crippen molar-refractivity contribution in [2.75, 3.05) is 18.5 Å². The van der Waals surface area contributed by atoms with Gasteiger partial charge in [-0.1, -0.05) is 11.3 Å². The van der Waals surface area contributed by atoms with Crippen LogP contribution in [0.4, 0.5) is 5.13 Å². The first-order valence-corrected chi connectivity index (χ1v) is 6.47. The van der Waals surface area contributed by atoms with Crippen molar-refractivity contribution >= 4 is 28.3 Å². The van der Waals surface area contributed by atoms with E-state index < -0.39 is 11.8 Å². The predicted molar refractivity (Wildman–Crippen MR) is 65.3 cm³/mol. The van der Waals surface area contributed by atoms with Gasteiger partial charge in [-0.3, -0.25) is 14.9 Å². The highest BCUT2D eigenvalue weighted by Gasteiger charge is 2.20. The summed E-state index contributed by atoms with van der Waals surface area (Å²) in [5, 5.41) is 13.4. The van der Waals surface area contributed by atoms with Crippen LogP contribution < -0.4 is 10.6 Å². The number of amides is 2. The lowest BCUT2D eigenvalue weighted by Gasteiger charge is -2.09. The summed E-state index contributed by atoms with van der Waals surface area (Å²) in [5.41, 5.74) is 0. The number of aromatic nitrogens is 2. The van der Waals surface area contributed by atoms with Crippen molar-refractivity contribution in [3.05, 3.63) is 5.01 Å². The molecule has 18 heavy (non-hydrogen) atoms. The number of nitrogens with zero attached hydrogens (tertiary/aromatic N) is 2. The molecule has 0 radical (unpaired) electrons. The smallest absolute Gasteiger partial charge is 0.315 e. The second-order valence-corrected chi connectivity index (χ2v) is 5.11. The summed E-state index contributed by atoms with van der Waals surface area (Å²) < 4.78 is 5.34. The van der Waals surface area contributed by atoms with Crippen LogP contribution in [-0.4, -0.2) is 41.3 Å². The molecule has 0 saturated carbocycles. The van der Waals surface area contributed by atoms with Crippen LogP contribution in [0.2, 0.25) is 0 Å². The highest BCUT2D eigenvalue weighted by molar-refractivity contribution is 7.15. The summed E-state index contributed by atoms with van der Waals surface area (Å²) in [5.74, 6) is -1.41. The Labute approximate surface area is 108 Å². The minimum absolute atomic E-state index is 0.0190. The summed E-state index contributed by atoms with van der Waals surface area (Å²) >= 11 is 1.22. The predicted octanol–water partition coefficient (Wildman–Crippen LogP) is 0.0802. The maximum Gasteiger partial charge on any atom is 0.315 e. The average Bonchev–Trinajstić information content (AvgIpc) is 2.97. The summed E-state index contributed by atoms with van der Waals surface area (Å²) in [4.78, 5) is 23.0. The van der Waals surface area contributed by atoms with Crippen LogP contribution in [0.1, 0.15) is 17.8 Å². The second kappa shape index (κ2) is 5.87. The van der Waals surface area contributed by atoms with E-state index in [4.69, 9.17) is 4.74 Å². The van der Waals surface area contributed by atoms with E-state index in [-0.39, 0.29) is 6.10 Å². The minimum atomic E-state index is -0.732. The highest BCUT2D eigenvalue weighted by atomic mass is 32.1. The fraction of sp³-hybridized carbons (Fsp3) is 0.600. The summed E-state index contributed by atoms with van der Waals surface area (Å²) in [6.07, 6.45) is 1.93. The molecule has 1 aromatic heterocycles. The molecule has 1 fully saturated rings. The molecular formula is C10H14N4O3S. The molecule has 1 aliphatic rings. The summed E-state index contributed by atoms with van der Waals surface area (Å²) in [6.45, 7) is 2.85. The largest absolute Gasteiger partial charge is 0.376 e. The van der Waals surface area contributed by atoms with Crippen LogP contribution in [0.5, 0.6) is 0 Å². The molecule has 2 N–H and O–H groups in total. The summed E-state index contributed by atoms with van der Waals surface area (Å²) in [7, 11) is 0. The number of carbonyl (C=O) groups is 2. The first kappa shape index (κ1) is 12.9. The molecule has 1 aromatic rings. The molecule has 1 atom stereocenters. The molecule has 98 valence electrons. The quantitative estimate of drug-likeness (QED) is 0.759. The maximum absolute atomic E-state index is 11.5. The zero-order chi connectivity index (χ0) is 13.0. The van der Waals surface area contributed by atoms with Crippen LogP contribution in [-0.2, 0) is 14.3 Å². The van der Waals surface area contributed by atoms with E-state index >= 15 is 0 Å². The van der Waals surface area contributed by atoms with Crippen LogP contribution >= 0.6 is 11.3 Å². The van der Waals surface area contributed by atoms with Gasteiger partial charge in [-0.2, -0.15) is 0 Å². The molecule has 0 aliphatic carbocycles. The third kappa shape index (κ3) is 3.47. The van der Waals surface area contributed by atoms with Crippen molar-refractivity contribution in [3.63, 3.8) is 0 Å². The molecule has 7 nitrogen and oxygen atoms in total. The number of anilines is 1. The molecule has 0 bridgehead atoms. The number of hydrogen-bond donors (Lipinski definition) is 2. The lowest BCUT2D eigenvalue weighted by Crippen LogP contribution is -2.39. The zero-order valence-corrected chi connectivity index (χ0v) is 10.7. The third-order valence-electron chi connectivity index (χ3n) is 2.47. The van der Waals surface area contributed by atoms with E-state index in [1.54, 1.807) is 6.92 Å². The third-order valence-corrected chi connectivity index (χ3v) is 3.22. The van der Waals surface area contributed by atoms with Gasteiger partial charge in [0.25, 0.3) is 0 Å². The van der Waals surface area contributed by atoms with Crippen molar-refractivity contribution < 1.29 is 14.3 Å². The van der Waals surface area contributed by atoms with Crippen molar-refractivity contribution in [1.29, 1.82) is 0 Å². The highest BCUT2D eigenvalue weighted by Crippen LogP contribution is 2.13. The number of rotatable bonds is 3. The van der Waals surface area contributed by atoms with Crippen LogP contribution in [0.15, 0.2) is 0 Å². The van der Waals surface area contributed by atoms with Gasteiger partial charge in [-0.15, -0.1) is 10.2 Å². The lowest BCUT2D eigenvalue weighted by atomic mass is 10.2. The molecular weight excluding hydrogens is 256 g/mol. The van der Waals surface area contributed by atoms with Gasteiger partial charge in [0, 0.05) is 13.2 Å². The molecule has 2 rings (SSSR count). The first-order chi connectivity index (χ1) is 8.65. The number of aryl methyl sites for hydroxylation is 1. The number of ether oxygens (including phenoxy) is 1. The van der Waals surface area contributed by atoms with Gasteiger partial charge in [0.15, 0.2) is 0 Å². The Bertz CT molecular complexity index is 442.